The molecule has 7 heteroatoms. The van der Waals surface area contributed by atoms with Crippen LogP contribution >= 0.6 is 15.9 Å². The number of rotatable bonds is 3. The van der Waals surface area contributed by atoms with E-state index >= 15 is 0 Å². The van der Waals surface area contributed by atoms with E-state index in [9.17, 15) is 20.3 Å². The van der Waals surface area contributed by atoms with Crippen molar-refractivity contribution >= 4 is 21.6 Å². The van der Waals surface area contributed by atoms with Crippen molar-refractivity contribution in [3.05, 3.63) is 32.3 Å². The predicted molar refractivity (Wildman–Crippen MR) is 74.9 cm³/mol. The van der Waals surface area contributed by atoms with Gasteiger partial charge in [-0.3, -0.25) is 10.1 Å². The van der Waals surface area contributed by atoms with Crippen molar-refractivity contribution in [2.75, 3.05) is 0 Å². The first-order valence-corrected chi connectivity index (χ1v) is 6.45. The Hall–Kier alpha value is -1.18. The fraction of sp³-hybridized carbons (Fsp3) is 0.500. The summed E-state index contributed by atoms with van der Waals surface area (Å²) in [6.07, 6.45) is -0.952. The SMILES string of the molecule is CC(C)(C)[C@@H](O)[C@@H](N)c1cc(Br)cc([N+](=O)[O-])c1O. The number of halogens is 1. The fourth-order valence-corrected chi connectivity index (χ4v) is 2.17. The van der Waals surface area contributed by atoms with Crippen LogP contribution in [0.5, 0.6) is 5.75 Å². The van der Waals surface area contributed by atoms with E-state index in [1.807, 2.05) is 0 Å². The predicted octanol–water partition coefficient (Wildman–Crippen LogP) is 2.47. The van der Waals surface area contributed by atoms with Crippen LogP contribution in [0.15, 0.2) is 16.6 Å². The number of nitro benzene ring substituents is 1. The third-order valence-electron chi connectivity index (χ3n) is 2.87. The average Bonchev–Trinajstić information content (AvgIpc) is 2.28. The number of aromatic hydroxyl groups is 1. The Labute approximate surface area is 119 Å². The number of nitrogens with two attached hydrogens (primary N) is 1. The molecule has 0 saturated carbocycles. The number of aliphatic hydroxyl groups excluding tert-OH is 1. The maximum Gasteiger partial charge on any atom is 0.312 e. The van der Waals surface area contributed by atoms with Crippen LogP contribution in [0.3, 0.4) is 0 Å². The molecule has 0 spiro atoms. The van der Waals surface area contributed by atoms with E-state index in [1.54, 1.807) is 20.8 Å². The molecular formula is C12H17BrN2O4. The van der Waals surface area contributed by atoms with Gasteiger partial charge in [0.1, 0.15) is 0 Å². The fourth-order valence-electron chi connectivity index (χ4n) is 1.71. The molecule has 0 aliphatic heterocycles. The first kappa shape index (κ1) is 15.9. The zero-order chi connectivity index (χ0) is 15.0. The second-order valence-corrected chi connectivity index (χ2v) is 6.37. The van der Waals surface area contributed by atoms with E-state index in [1.165, 1.54) is 12.1 Å². The molecule has 1 rings (SSSR count). The van der Waals surface area contributed by atoms with E-state index in [2.05, 4.69) is 15.9 Å². The third kappa shape index (κ3) is 3.43. The quantitative estimate of drug-likeness (QED) is 0.581. The number of aliphatic hydroxyl groups is 1. The van der Waals surface area contributed by atoms with Crippen molar-refractivity contribution in [2.24, 2.45) is 11.1 Å². The largest absolute Gasteiger partial charge is 0.502 e. The molecular weight excluding hydrogens is 316 g/mol. The van der Waals surface area contributed by atoms with Gasteiger partial charge in [0.15, 0.2) is 5.75 Å². The summed E-state index contributed by atoms with van der Waals surface area (Å²) in [5.74, 6) is -0.510. The lowest BCUT2D eigenvalue weighted by atomic mass is 9.82. The molecule has 0 saturated heterocycles. The van der Waals surface area contributed by atoms with E-state index in [-0.39, 0.29) is 5.56 Å². The second kappa shape index (κ2) is 5.44. The molecule has 0 fully saturated rings. The molecule has 0 aliphatic rings. The van der Waals surface area contributed by atoms with Gasteiger partial charge in [0.25, 0.3) is 0 Å². The number of phenolic OH excluding ortho intramolecular Hbond substituents is 1. The van der Waals surface area contributed by atoms with Gasteiger partial charge in [0, 0.05) is 16.1 Å². The Bertz CT molecular complexity index is 499. The average molecular weight is 333 g/mol. The van der Waals surface area contributed by atoms with Gasteiger partial charge in [-0.2, -0.15) is 0 Å². The highest BCUT2D eigenvalue weighted by atomic mass is 79.9. The Kier molecular flexibility index (Phi) is 4.54. The summed E-state index contributed by atoms with van der Waals surface area (Å²) < 4.78 is 0.420. The smallest absolute Gasteiger partial charge is 0.312 e. The molecule has 6 nitrogen and oxygen atoms in total. The molecule has 106 valence electrons. The molecule has 0 radical (unpaired) electrons. The Balaban J connectivity index is 3.31. The Morgan fingerprint density at radius 2 is 1.95 bits per heavy atom. The van der Waals surface area contributed by atoms with Gasteiger partial charge in [0.2, 0.25) is 0 Å². The van der Waals surface area contributed by atoms with Gasteiger partial charge in [-0.05, 0) is 11.5 Å². The van der Waals surface area contributed by atoms with Crippen molar-refractivity contribution < 1.29 is 15.1 Å². The lowest BCUT2D eigenvalue weighted by Gasteiger charge is -2.31. The van der Waals surface area contributed by atoms with Gasteiger partial charge in [-0.15, -0.1) is 0 Å². The highest BCUT2D eigenvalue weighted by Gasteiger charge is 2.32. The molecule has 0 heterocycles. The summed E-state index contributed by atoms with van der Waals surface area (Å²) >= 11 is 3.13. The highest BCUT2D eigenvalue weighted by molar-refractivity contribution is 9.10. The van der Waals surface area contributed by atoms with Crippen LogP contribution < -0.4 is 5.73 Å². The normalized spacial score (nSPS) is 15.1. The number of hydrogen-bond donors (Lipinski definition) is 3. The molecule has 19 heavy (non-hydrogen) atoms. The molecule has 1 aromatic carbocycles. The third-order valence-corrected chi connectivity index (χ3v) is 3.33. The van der Waals surface area contributed by atoms with Crippen molar-refractivity contribution in [3.8, 4) is 5.75 Å². The van der Waals surface area contributed by atoms with Crippen LogP contribution in [0, 0.1) is 15.5 Å². The maximum atomic E-state index is 10.8. The number of hydrogen-bond acceptors (Lipinski definition) is 5. The first-order valence-electron chi connectivity index (χ1n) is 5.66. The first-order chi connectivity index (χ1) is 8.55. The Morgan fingerprint density at radius 1 is 1.42 bits per heavy atom. The zero-order valence-electron chi connectivity index (χ0n) is 10.9. The van der Waals surface area contributed by atoms with Crippen molar-refractivity contribution in [2.45, 2.75) is 32.9 Å². The van der Waals surface area contributed by atoms with Crippen LogP contribution in [-0.4, -0.2) is 21.2 Å². The minimum atomic E-state index is -0.952. The molecule has 0 bridgehead atoms. The molecule has 0 amide bonds. The van der Waals surface area contributed by atoms with E-state index in [4.69, 9.17) is 5.73 Å². The number of nitro groups is 1. The van der Waals surface area contributed by atoms with Crippen LogP contribution in [0.4, 0.5) is 5.69 Å². The van der Waals surface area contributed by atoms with Gasteiger partial charge in [0.05, 0.1) is 17.1 Å². The summed E-state index contributed by atoms with van der Waals surface area (Å²) in [7, 11) is 0. The number of phenols is 1. The topological polar surface area (TPSA) is 110 Å². The molecule has 1 aromatic rings. The summed E-state index contributed by atoms with van der Waals surface area (Å²) in [5.41, 5.74) is 5.10. The summed E-state index contributed by atoms with van der Waals surface area (Å²) in [6.45, 7) is 5.38. The molecule has 4 N–H and O–H groups in total. The van der Waals surface area contributed by atoms with Crippen molar-refractivity contribution in [1.29, 1.82) is 0 Å². The van der Waals surface area contributed by atoms with E-state index < -0.39 is 33.9 Å². The van der Waals surface area contributed by atoms with Crippen molar-refractivity contribution in [3.63, 3.8) is 0 Å². The second-order valence-electron chi connectivity index (χ2n) is 5.46. The highest BCUT2D eigenvalue weighted by Crippen LogP contribution is 2.39. The van der Waals surface area contributed by atoms with Crippen LogP contribution in [-0.2, 0) is 0 Å². The molecule has 0 unspecified atom stereocenters. The minimum Gasteiger partial charge on any atom is -0.502 e. The lowest BCUT2D eigenvalue weighted by molar-refractivity contribution is -0.386. The van der Waals surface area contributed by atoms with Crippen LogP contribution in [0.25, 0.3) is 0 Å². The van der Waals surface area contributed by atoms with Gasteiger partial charge in [-0.25, -0.2) is 0 Å². The van der Waals surface area contributed by atoms with E-state index in [0.717, 1.165) is 0 Å². The monoisotopic (exact) mass is 332 g/mol. The maximum absolute atomic E-state index is 10.8. The summed E-state index contributed by atoms with van der Waals surface area (Å²) in [4.78, 5) is 10.1. The standard InChI is InChI=1S/C12H17BrN2O4/c1-12(2,3)11(17)9(14)7-4-6(13)5-8(10(7)16)15(18)19/h4-5,9,11,16-17H,14H2,1-3H3/t9-,11-/m0/s1. The summed E-state index contributed by atoms with van der Waals surface area (Å²) in [5, 5.41) is 30.9. The van der Waals surface area contributed by atoms with Crippen LogP contribution in [0.1, 0.15) is 32.4 Å². The molecule has 2 atom stereocenters. The molecule has 0 aromatic heterocycles. The Morgan fingerprint density at radius 3 is 2.37 bits per heavy atom. The lowest BCUT2D eigenvalue weighted by Crippen LogP contribution is -2.37. The van der Waals surface area contributed by atoms with Gasteiger partial charge < -0.3 is 15.9 Å². The van der Waals surface area contributed by atoms with E-state index in [0.29, 0.717) is 4.47 Å². The number of benzene rings is 1. The van der Waals surface area contributed by atoms with Crippen molar-refractivity contribution in [1.82, 2.24) is 0 Å². The van der Waals surface area contributed by atoms with Gasteiger partial charge in [-0.1, -0.05) is 36.7 Å². The van der Waals surface area contributed by atoms with Gasteiger partial charge >= 0.3 is 5.69 Å². The minimum absolute atomic E-state index is 0.142. The summed E-state index contributed by atoms with van der Waals surface area (Å²) in [6, 6.07) is 1.74. The molecule has 0 aliphatic carbocycles. The zero-order valence-corrected chi connectivity index (χ0v) is 12.5. The van der Waals surface area contributed by atoms with Crippen LogP contribution in [0.2, 0.25) is 0 Å². The number of nitrogens with zero attached hydrogens (tertiary/aromatic N) is 1.